The molecule has 5 nitrogen and oxygen atoms in total. The fraction of sp³-hybridized carbons (Fsp3) is 0.333. The largest absolute Gasteiger partial charge is 0.492 e. The third kappa shape index (κ3) is 6.10. The van der Waals surface area contributed by atoms with Gasteiger partial charge < -0.3 is 15.4 Å². The van der Waals surface area contributed by atoms with Gasteiger partial charge in [-0.05, 0) is 48.7 Å². The maximum Gasteiger partial charge on any atom is 0.259 e. The van der Waals surface area contributed by atoms with E-state index in [9.17, 15) is 9.59 Å². The van der Waals surface area contributed by atoms with Crippen LogP contribution in [-0.2, 0) is 4.79 Å². The van der Waals surface area contributed by atoms with Gasteiger partial charge in [-0.2, -0.15) is 0 Å². The first-order valence-electron chi connectivity index (χ1n) is 8.94. The van der Waals surface area contributed by atoms with Crippen molar-refractivity contribution in [3.8, 4) is 5.75 Å². The Labute approximate surface area is 168 Å². The molecule has 6 heteroatoms. The molecule has 0 aromatic heterocycles. The molecule has 0 saturated heterocycles. The van der Waals surface area contributed by atoms with Crippen molar-refractivity contribution >= 4 is 39.1 Å². The van der Waals surface area contributed by atoms with Gasteiger partial charge in [-0.15, -0.1) is 0 Å². The number of anilines is 2. The van der Waals surface area contributed by atoms with E-state index in [2.05, 4.69) is 40.4 Å². The predicted octanol–water partition coefficient (Wildman–Crippen LogP) is 5.39. The molecule has 0 saturated carbocycles. The summed E-state index contributed by atoms with van der Waals surface area (Å²) < 4.78 is 6.58. The Kier molecular flexibility index (Phi) is 7.42. The molecule has 0 aliphatic heterocycles. The number of rotatable bonds is 7. The summed E-state index contributed by atoms with van der Waals surface area (Å²) >= 11 is 3.40. The molecule has 0 bridgehead atoms. The van der Waals surface area contributed by atoms with Crippen molar-refractivity contribution in [2.24, 2.45) is 5.92 Å². The van der Waals surface area contributed by atoms with Gasteiger partial charge in [0.15, 0.2) is 0 Å². The minimum atomic E-state index is -0.272. The molecule has 27 heavy (non-hydrogen) atoms. The molecule has 0 fully saturated rings. The highest BCUT2D eigenvalue weighted by Crippen LogP contribution is 2.26. The van der Waals surface area contributed by atoms with Gasteiger partial charge in [0.05, 0.1) is 12.2 Å². The zero-order chi connectivity index (χ0) is 20.0. The highest BCUT2D eigenvalue weighted by atomic mass is 79.9. The quantitative estimate of drug-likeness (QED) is 0.615. The monoisotopic (exact) mass is 432 g/mol. The summed E-state index contributed by atoms with van der Waals surface area (Å²) in [7, 11) is 0. The Hall–Kier alpha value is -2.34. The van der Waals surface area contributed by atoms with Crippen LogP contribution in [-0.4, -0.2) is 18.4 Å². The number of hydrogen-bond donors (Lipinski definition) is 2. The molecule has 144 valence electrons. The molecule has 2 rings (SSSR count). The predicted molar refractivity (Wildman–Crippen MR) is 113 cm³/mol. The van der Waals surface area contributed by atoms with E-state index < -0.39 is 0 Å². The zero-order valence-corrected chi connectivity index (χ0v) is 17.6. The van der Waals surface area contributed by atoms with Crippen LogP contribution in [0.15, 0.2) is 40.9 Å². The van der Waals surface area contributed by atoms with Gasteiger partial charge >= 0.3 is 0 Å². The van der Waals surface area contributed by atoms with Crippen LogP contribution < -0.4 is 15.4 Å². The number of amides is 2. The Morgan fingerprint density at radius 3 is 2.52 bits per heavy atom. The molecule has 2 aromatic rings. The maximum absolute atomic E-state index is 12.8. The first kappa shape index (κ1) is 21.0. The standard InChI is InChI=1S/C21H25BrN2O3/c1-5-20(25)24-18-11-16(8-6-14(18)4)23-21(26)17-10-15(22)7-9-19(17)27-12-13(2)3/h6-11,13H,5,12H2,1-4H3,(H,23,26)(H,24,25). The van der Waals surface area contributed by atoms with Crippen molar-refractivity contribution in [3.63, 3.8) is 0 Å². The van der Waals surface area contributed by atoms with Crippen LogP contribution in [0.2, 0.25) is 0 Å². The van der Waals surface area contributed by atoms with Crippen LogP contribution in [0.4, 0.5) is 11.4 Å². The minimum absolute atomic E-state index is 0.0714. The molecular weight excluding hydrogens is 408 g/mol. The molecule has 2 amide bonds. The summed E-state index contributed by atoms with van der Waals surface area (Å²) in [6.07, 6.45) is 0.393. The third-order valence-electron chi connectivity index (χ3n) is 3.85. The minimum Gasteiger partial charge on any atom is -0.492 e. The molecule has 0 atom stereocenters. The molecule has 2 N–H and O–H groups in total. The molecule has 0 aliphatic rings. The van der Waals surface area contributed by atoms with Crippen molar-refractivity contribution in [2.45, 2.75) is 34.1 Å². The van der Waals surface area contributed by atoms with E-state index in [1.807, 2.05) is 25.1 Å². The maximum atomic E-state index is 12.8. The lowest BCUT2D eigenvalue weighted by Crippen LogP contribution is -2.16. The number of benzene rings is 2. The lowest BCUT2D eigenvalue weighted by atomic mass is 10.1. The van der Waals surface area contributed by atoms with E-state index in [0.717, 1.165) is 10.0 Å². The molecule has 0 heterocycles. The molecule has 0 spiro atoms. The van der Waals surface area contributed by atoms with Crippen LogP contribution >= 0.6 is 15.9 Å². The molecule has 2 aromatic carbocycles. The molecule has 0 aliphatic carbocycles. The first-order valence-corrected chi connectivity index (χ1v) is 9.73. The average molecular weight is 433 g/mol. The van der Waals surface area contributed by atoms with Gasteiger partial charge in [-0.3, -0.25) is 9.59 Å². The van der Waals surface area contributed by atoms with Gasteiger partial charge in [-0.1, -0.05) is 42.8 Å². The van der Waals surface area contributed by atoms with Gasteiger partial charge in [0.1, 0.15) is 5.75 Å². The number of ether oxygens (including phenoxy) is 1. The van der Waals surface area contributed by atoms with E-state index in [4.69, 9.17) is 4.74 Å². The first-order chi connectivity index (χ1) is 12.8. The molecule has 0 unspecified atom stereocenters. The number of halogens is 1. The summed E-state index contributed by atoms with van der Waals surface area (Å²) in [5, 5.41) is 5.73. The number of carbonyl (C=O) groups excluding carboxylic acids is 2. The average Bonchev–Trinajstić information content (AvgIpc) is 2.63. The number of carbonyl (C=O) groups is 2. The number of aryl methyl sites for hydroxylation is 1. The van der Waals surface area contributed by atoms with Crippen molar-refractivity contribution in [1.29, 1.82) is 0 Å². The highest BCUT2D eigenvalue weighted by molar-refractivity contribution is 9.10. The van der Waals surface area contributed by atoms with E-state index in [-0.39, 0.29) is 11.8 Å². The summed E-state index contributed by atoms with van der Waals surface area (Å²) in [5.41, 5.74) is 2.67. The second kappa shape index (κ2) is 9.55. The van der Waals surface area contributed by atoms with Crippen molar-refractivity contribution in [3.05, 3.63) is 52.0 Å². The highest BCUT2D eigenvalue weighted by Gasteiger charge is 2.15. The van der Waals surface area contributed by atoms with E-state index in [1.165, 1.54) is 0 Å². The number of nitrogens with one attached hydrogen (secondary N) is 2. The van der Waals surface area contributed by atoms with E-state index in [0.29, 0.717) is 41.6 Å². The van der Waals surface area contributed by atoms with E-state index in [1.54, 1.807) is 25.1 Å². The van der Waals surface area contributed by atoms with Gasteiger partial charge in [0.2, 0.25) is 5.91 Å². The fourth-order valence-corrected chi connectivity index (χ4v) is 2.69. The van der Waals surface area contributed by atoms with Crippen LogP contribution in [0.5, 0.6) is 5.75 Å². The van der Waals surface area contributed by atoms with Crippen molar-refractivity contribution in [1.82, 2.24) is 0 Å². The Morgan fingerprint density at radius 1 is 1.11 bits per heavy atom. The summed E-state index contributed by atoms with van der Waals surface area (Å²) in [6, 6.07) is 10.8. The van der Waals surface area contributed by atoms with Crippen LogP contribution in [0.1, 0.15) is 43.1 Å². The van der Waals surface area contributed by atoms with E-state index >= 15 is 0 Å². The molecule has 0 radical (unpaired) electrons. The SMILES string of the molecule is CCC(=O)Nc1cc(NC(=O)c2cc(Br)ccc2OCC(C)C)ccc1C. The van der Waals surface area contributed by atoms with Crippen LogP contribution in [0.25, 0.3) is 0 Å². The van der Waals surface area contributed by atoms with Gasteiger partial charge in [0.25, 0.3) is 5.91 Å². The van der Waals surface area contributed by atoms with Crippen LogP contribution in [0.3, 0.4) is 0 Å². The summed E-state index contributed by atoms with van der Waals surface area (Å²) in [4.78, 5) is 24.5. The summed E-state index contributed by atoms with van der Waals surface area (Å²) in [5.74, 6) is 0.548. The smallest absolute Gasteiger partial charge is 0.259 e. The third-order valence-corrected chi connectivity index (χ3v) is 4.34. The Morgan fingerprint density at radius 2 is 1.85 bits per heavy atom. The normalized spacial score (nSPS) is 10.6. The fourth-order valence-electron chi connectivity index (χ4n) is 2.33. The van der Waals surface area contributed by atoms with Crippen LogP contribution in [0, 0.1) is 12.8 Å². The molecular formula is C21H25BrN2O3. The lowest BCUT2D eigenvalue weighted by molar-refractivity contribution is -0.115. The van der Waals surface area contributed by atoms with Crippen molar-refractivity contribution < 1.29 is 14.3 Å². The van der Waals surface area contributed by atoms with Gasteiger partial charge in [-0.25, -0.2) is 0 Å². The topological polar surface area (TPSA) is 67.4 Å². The second-order valence-electron chi connectivity index (χ2n) is 6.73. The zero-order valence-electron chi connectivity index (χ0n) is 16.1. The summed E-state index contributed by atoms with van der Waals surface area (Å²) in [6.45, 7) is 8.33. The second-order valence-corrected chi connectivity index (χ2v) is 7.65. The van der Waals surface area contributed by atoms with Crippen molar-refractivity contribution in [2.75, 3.05) is 17.2 Å². The number of hydrogen-bond acceptors (Lipinski definition) is 3. The Balaban J connectivity index is 2.23. The Bertz CT molecular complexity index is 834. The van der Waals surface area contributed by atoms with Gasteiger partial charge in [0, 0.05) is 22.3 Å². The lowest BCUT2D eigenvalue weighted by Gasteiger charge is -2.15.